The van der Waals surface area contributed by atoms with Gasteiger partial charge in [0.1, 0.15) is 0 Å². The summed E-state index contributed by atoms with van der Waals surface area (Å²) in [6.07, 6.45) is 5.64. The van der Waals surface area contributed by atoms with Crippen LogP contribution < -0.4 is 5.32 Å². The van der Waals surface area contributed by atoms with Gasteiger partial charge in [-0.2, -0.15) is 0 Å². The van der Waals surface area contributed by atoms with Crippen molar-refractivity contribution < 1.29 is 0 Å². The number of hydrogen-bond acceptors (Lipinski definition) is 3. The fraction of sp³-hybridized carbons (Fsp3) is 0.250. The van der Waals surface area contributed by atoms with Gasteiger partial charge in [-0.3, -0.25) is 4.98 Å². The molecule has 3 rings (SSSR count). The van der Waals surface area contributed by atoms with Crippen LogP contribution in [0.3, 0.4) is 0 Å². The first-order valence-corrected chi connectivity index (χ1v) is 6.85. The molecular formula is C16H18N4. The Bertz CT molecular complexity index is 715. The fourth-order valence-corrected chi connectivity index (χ4v) is 2.26. The molecule has 4 heteroatoms. The minimum Gasteiger partial charge on any atom is -0.326 e. The van der Waals surface area contributed by atoms with Gasteiger partial charge in [-0.25, -0.2) is 4.98 Å². The van der Waals surface area contributed by atoms with Gasteiger partial charge in [0.2, 0.25) is 5.95 Å². The van der Waals surface area contributed by atoms with Gasteiger partial charge < -0.3 is 9.88 Å². The van der Waals surface area contributed by atoms with E-state index in [1.807, 2.05) is 36.8 Å². The van der Waals surface area contributed by atoms with Crippen molar-refractivity contribution >= 4 is 22.5 Å². The number of rotatable bonds is 4. The third kappa shape index (κ3) is 2.64. The summed E-state index contributed by atoms with van der Waals surface area (Å²) in [7, 11) is 0. The highest BCUT2D eigenvalue weighted by atomic mass is 15.2. The molecule has 0 aliphatic heterocycles. The zero-order valence-electron chi connectivity index (χ0n) is 11.7. The van der Waals surface area contributed by atoms with E-state index in [1.165, 1.54) is 0 Å². The van der Waals surface area contributed by atoms with Gasteiger partial charge in [0, 0.05) is 36.2 Å². The number of anilines is 2. The maximum Gasteiger partial charge on any atom is 0.207 e. The second-order valence-electron chi connectivity index (χ2n) is 5.33. The quantitative estimate of drug-likeness (QED) is 0.780. The molecule has 0 unspecified atom stereocenters. The molecule has 102 valence electrons. The molecule has 0 bridgehead atoms. The Morgan fingerprint density at radius 3 is 2.90 bits per heavy atom. The molecule has 4 nitrogen and oxygen atoms in total. The summed E-state index contributed by atoms with van der Waals surface area (Å²) in [6.45, 7) is 5.36. The van der Waals surface area contributed by atoms with Crippen LogP contribution in [0, 0.1) is 5.92 Å². The monoisotopic (exact) mass is 266 g/mol. The highest BCUT2D eigenvalue weighted by molar-refractivity contribution is 5.82. The average Bonchev–Trinajstić information content (AvgIpc) is 2.85. The highest BCUT2D eigenvalue weighted by Gasteiger charge is 2.05. The Morgan fingerprint density at radius 1 is 1.15 bits per heavy atom. The van der Waals surface area contributed by atoms with Crippen molar-refractivity contribution in [3.8, 4) is 0 Å². The Morgan fingerprint density at radius 2 is 2.05 bits per heavy atom. The summed E-state index contributed by atoms with van der Waals surface area (Å²) in [4.78, 5) is 8.71. The molecular weight excluding hydrogens is 248 g/mol. The van der Waals surface area contributed by atoms with Crippen molar-refractivity contribution in [2.75, 3.05) is 5.32 Å². The van der Waals surface area contributed by atoms with E-state index in [2.05, 4.69) is 45.8 Å². The van der Waals surface area contributed by atoms with Crippen LogP contribution in [0.25, 0.3) is 10.9 Å². The van der Waals surface area contributed by atoms with Crippen molar-refractivity contribution in [1.82, 2.24) is 14.5 Å². The average molecular weight is 266 g/mol. The van der Waals surface area contributed by atoms with Crippen molar-refractivity contribution in [3.05, 3.63) is 48.9 Å². The summed E-state index contributed by atoms with van der Waals surface area (Å²) in [5.41, 5.74) is 2.03. The van der Waals surface area contributed by atoms with E-state index < -0.39 is 0 Å². The lowest BCUT2D eigenvalue weighted by atomic mass is 10.2. The molecule has 20 heavy (non-hydrogen) atoms. The second-order valence-corrected chi connectivity index (χ2v) is 5.33. The smallest absolute Gasteiger partial charge is 0.207 e. The fourth-order valence-electron chi connectivity index (χ4n) is 2.26. The van der Waals surface area contributed by atoms with E-state index in [1.54, 1.807) is 0 Å². The van der Waals surface area contributed by atoms with Crippen LogP contribution in [0.2, 0.25) is 0 Å². The molecule has 1 N–H and O–H groups in total. The van der Waals surface area contributed by atoms with Gasteiger partial charge in [0.25, 0.3) is 0 Å². The largest absolute Gasteiger partial charge is 0.326 e. The molecule has 2 heterocycles. The summed E-state index contributed by atoms with van der Waals surface area (Å²) in [6, 6.07) is 10.2. The number of pyridine rings is 1. The molecule has 0 aliphatic carbocycles. The minimum absolute atomic E-state index is 0.588. The third-order valence-electron chi connectivity index (χ3n) is 3.14. The molecule has 0 amide bonds. The first-order chi connectivity index (χ1) is 9.72. The molecule has 2 aromatic heterocycles. The standard InChI is InChI=1S/C16H18N4/c1-12(2)11-20-9-8-18-16(20)19-14-5-6-15-13(10-14)4-3-7-17-15/h3-10,12H,11H2,1-2H3,(H,18,19). The lowest BCUT2D eigenvalue weighted by molar-refractivity contribution is 0.527. The van der Waals surface area contributed by atoms with Gasteiger partial charge >= 0.3 is 0 Å². The number of fused-ring (bicyclic) bond motifs is 1. The van der Waals surface area contributed by atoms with E-state index in [0.717, 1.165) is 29.1 Å². The van der Waals surface area contributed by atoms with E-state index in [4.69, 9.17) is 0 Å². The highest BCUT2D eigenvalue weighted by Crippen LogP contribution is 2.20. The van der Waals surface area contributed by atoms with Crippen LogP contribution in [-0.2, 0) is 6.54 Å². The first-order valence-electron chi connectivity index (χ1n) is 6.85. The van der Waals surface area contributed by atoms with Crippen LogP contribution >= 0.6 is 0 Å². The predicted molar refractivity (Wildman–Crippen MR) is 82.1 cm³/mol. The Balaban J connectivity index is 1.87. The van der Waals surface area contributed by atoms with Crippen LogP contribution in [0.5, 0.6) is 0 Å². The molecule has 0 fully saturated rings. The number of benzene rings is 1. The maximum atomic E-state index is 4.38. The number of imidazole rings is 1. The number of nitrogens with zero attached hydrogens (tertiary/aromatic N) is 3. The van der Waals surface area contributed by atoms with Gasteiger partial charge in [-0.15, -0.1) is 0 Å². The van der Waals surface area contributed by atoms with E-state index in [0.29, 0.717) is 5.92 Å². The number of nitrogens with one attached hydrogen (secondary N) is 1. The molecule has 0 aliphatic rings. The summed E-state index contributed by atoms with van der Waals surface area (Å²) in [5, 5.41) is 4.50. The van der Waals surface area contributed by atoms with E-state index >= 15 is 0 Å². The molecule has 0 saturated heterocycles. The zero-order chi connectivity index (χ0) is 13.9. The molecule has 0 radical (unpaired) electrons. The predicted octanol–water partition coefficient (Wildman–Crippen LogP) is 3.83. The normalized spacial score (nSPS) is 11.2. The van der Waals surface area contributed by atoms with Crippen molar-refractivity contribution in [3.63, 3.8) is 0 Å². The van der Waals surface area contributed by atoms with Crippen LogP contribution in [-0.4, -0.2) is 14.5 Å². The Labute approximate surface area is 118 Å². The lowest BCUT2D eigenvalue weighted by Crippen LogP contribution is -2.07. The number of hydrogen-bond donors (Lipinski definition) is 1. The van der Waals surface area contributed by atoms with Crippen molar-refractivity contribution in [2.45, 2.75) is 20.4 Å². The molecule has 1 aromatic carbocycles. The van der Waals surface area contributed by atoms with Crippen LogP contribution in [0.15, 0.2) is 48.9 Å². The topological polar surface area (TPSA) is 42.7 Å². The molecule has 0 saturated carbocycles. The van der Waals surface area contributed by atoms with Gasteiger partial charge in [-0.05, 0) is 30.2 Å². The van der Waals surface area contributed by atoms with Crippen LogP contribution in [0.4, 0.5) is 11.6 Å². The summed E-state index contributed by atoms with van der Waals surface area (Å²) in [5.74, 6) is 1.47. The molecule has 0 spiro atoms. The summed E-state index contributed by atoms with van der Waals surface area (Å²) >= 11 is 0. The van der Waals surface area contributed by atoms with Gasteiger partial charge in [0.05, 0.1) is 5.52 Å². The van der Waals surface area contributed by atoms with Crippen LogP contribution in [0.1, 0.15) is 13.8 Å². The zero-order valence-corrected chi connectivity index (χ0v) is 11.7. The third-order valence-corrected chi connectivity index (χ3v) is 3.14. The Kier molecular flexibility index (Phi) is 3.37. The minimum atomic E-state index is 0.588. The molecule has 3 aromatic rings. The van der Waals surface area contributed by atoms with E-state index in [9.17, 15) is 0 Å². The van der Waals surface area contributed by atoms with Gasteiger partial charge in [0.15, 0.2) is 0 Å². The van der Waals surface area contributed by atoms with E-state index in [-0.39, 0.29) is 0 Å². The SMILES string of the molecule is CC(C)Cn1ccnc1Nc1ccc2ncccc2c1. The number of aromatic nitrogens is 3. The molecule has 0 atom stereocenters. The van der Waals surface area contributed by atoms with Crippen molar-refractivity contribution in [2.24, 2.45) is 5.92 Å². The Hall–Kier alpha value is -2.36. The maximum absolute atomic E-state index is 4.38. The van der Waals surface area contributed by atoms with Crippen molar-refractivity contribution in [1.29, 1.82) is 0 Å². The lowest BCUT2D eigenvalue weighted by Gasteiger charge is -2.12. The second kappa shape index (κ2) is 5.33. The van der Waals surface area contributed by atoms with Gasteiger partial charge in [-0.1, -0.05) is 19.9 Å². The first kappa shape index (κ1) is 12.7. The summed E-state index contributed by atoms with van der Waals surface area (Å²) < 4.78 is 2.14.